The second kappa shape index (κ2) is 5.23. The quantitative estimate of drug-likeness (QED) is 0.722. The third-order valence-corrected chi connectivity index (χ3v) is 3.40. The number of nitrogen functional groups attached to an aromatic ring is 1. The van der Waals surface area contributed by atoms with Gasteiger partial charge in [0.15, 0.2) is 17.0 Å². The largest absolute Gasteiger partial charge is 0.464 e. The van der Waals surface area contributed by atoms with E-state index in [0.717, 1.165) is 0 Å². The van der Waals surface area contributed by atoms with Crippen LogP contribution in [0.3, 0.4) is 0 Å². The second-order valence-electron chi connectivity index (χ2n) is 4.31. The van der Waals surface area contributed by atoms with Gasteiger partial charge in [-0.25, -0.2) is 18.8 Å². The van der Waals surface area contributed by atoms with Crippen LogP contribution in [0.1, 0.15) is 10.5 Å². The highest BCUT2D eigenvalue weighted by atomic mass is 35.5. The zero-order valence-electron chi connectivity index (χ0n) is 11.1. The van der Waals surface area contributed by atoms with E-state index in [2.05, 4.69) is 24.7 Å². The fourth-order valence-corrected chi connectivity index (χ4v) is 2.11. The van der Waals surface area contributed by atoms with E-state index in [1.165, 1.54) is 25.3 Å². The van der Waals surface area contributed by atoms with Crippen molar-refractivity contribution in [2.75, 3.05) is 12.8 Å². The molecule has 0 bridgehead atoms. The first kappa shape index (κ1) is 14.2. The Bertz CT molecular complexity index is 896. The minimum Gasteiger partial charge on any atom is -0.464 e. The lowest BCUT2D eigenvalue weighted by atomic mass is 10.1. The molecule has 3 aromatic rings. The lowest BCUT2D eigenvalue weighted by molar-refractivity contribution is 0.0594. The van der Waals surface area contributed by atoms with Gasteiger partial charge in [-0.15, -0.1) is 0 Å². The highest BCUT2D eigenvalue weighted by molar-refractivity contribution is 6.35. The van der Waals surface area contributed by atoms with Crippen molar-refractivity contribution in [3.05, 3.63) is 34.7 Å². The van der Waals surface area contributed by atoms with E-state index in [0.29, 0.717) is 0 Å². The number of anilines is 1. The molecule has 3 rings (SSSR count). The van der Waals surface area contributed by atoms with Crippen molar-refractivity contribution in [3.8, 4) is 11.3 Å². The van der Waals surface area contributed by atoms with Crippen LogP contribution < -0.4 is 5.73 Å². The summed E-state index contributed by atoms with van der Waals surface area (Å²) in [6.45, 7) is 0. The zero-order valence-corrected chi connectivity index (χ0v) is 11.9. The first-order valence-electron chi connectivity index (χ1n) is 5.98. The van der Waals surface area contributed by atoms with Crippen LogP contribution in [0, 0.1) is 5.82 Å². The Morgan fingerprint density at radius 3 is 2.91 bits per heavy atom. The van der Waals surface area contributed by atoms with Gasteiger partial charge in [0, 0.05) is 5.56 Å². The van der Waals surface area contributed by atoms with Gasteiger partial charge in [0.1, 0.15) is 5.52 Å². The molecule has 0 fully saturated rings. The maximum absolute atomic E-state index is 14.4. The molecule has 0 spiro atoms. The molecule has 0 amide bonds. The van der Waals surface area contributed by atoms with Gasteiger partial charge in [-0.3, -0.25) is 0 Å². The van der Waals surface area contributed by atoms with Gasteiger partial charge in [-0.1, -0.05) is 11.6 Å². The predicted octanol–water partition coefficient (Wildman–Crippen LogP) is 2.45. The van der Waals surface area contributed by atoms with Crippen molar-refractivity contribution < 1.29 is 18.6 Å². The molecule has 0 unspecified atom stereocenters. The van der Waals surface area contributed by atoms with Crippen LogP contribution in [0.15, 0.2) is 22.8 Å². The minimum absolute atomic E-state index is 0.0487. The number of rotatable bonds is 2. The molecule has 7 nitrogen and oxygen atoms in total. The van der Waals surface area contributed by atoms with Crippen LogP contribution in [0.4, 0.5) is 10.1 Å². The average Bonchev–Trinajstić information content (AvgIpc) is 2.99. The zero-order chi connectivity index (χ0) is 15.9. The number of hydrogen-bond donors (Lipinski definition) is 1. The summed E-state index contributed by atoms with van der Waals surface area (Å²) in [5, 5.41) is 6.96. The van der Waals surface area contributed by atoms with E-state index in [9.17, 15) is 9.18 Å². The number of hydrogen-bond acceptors (Lipinski definition) is 7. The van der Waals surface area contributed by atoms with E-state index < -0.39 is 11.8 Å². The highest BCUT2D eigenvalue weighted by Crippen LogP contribution is 2.31. The van der Waals surface area contributed by atoms with Gasteiger partial charge in [0.05, 0.1) is 23.5 Å². The molecule has 9 heteroatoms. The molecule has 2 N–H and O–H groups in total. The molecular weight excluding hydrogens is 315 g/mol. The molecule has 112 valence electrons. The summed E-state index contributed by atoms with van der Waals surface area (Å²) in [4.78, 5) is 15.7. The highest BCUT2D eigenvalue weighted by Gasteiger charge is 2.20. The molecule has 0 radical (unpaired) electrons. The van der Waals surface area contributed by atoms with E-state index in [1.807, 2.05) is 0 Å². The lowest BCUT2D eigenvalue weighted by Gasteiger charge is -2.09. The van der Waals surface area contributed by atoms with Gasteiger partial charge in [-0.2, -0.15) is 0 Å². The number of fused-ring (bicyclic) bond motifs is 1. The Labute approximate surface area is 127 Å². The summed E-state index contributed by atoms with van der Waals surface area (Å²) in [5.74, 6) is -1.47. The Kier molecular flexibility index (Phi) is 3.38. The SMILES string of the molecule is COC(=O)c1nc(-c2ccc3nonc3c2F)cc(N)c1Cl. The fourth-order valence-electron chi connectivity index (χ4n) is 1.94. The van der Waals surface area contributed by atoms with Gasteiger partial charge >= 0.3 is 5.97 Å². The number of methoxy groups -OCH3 is 1. The van der Waals surface area contributed by atoms with Gasteiger partial charge in [0.25, 0.3) is 0 Å². The standard InChI is InChI=1S/C13H8ClFN4O3/c1-21-13(20)12-9(14)6(16)4-8(17-12)5-2-3-7-11(10(5)15)19-22-18-7/h2-4H,1H3,(H2,16,17). The molecule has 2 heterocycles. The smallest absolute Gasteiger partial charge is 0.358 e. The molecule has 1 aromatic carbocycles. The molecule has 0 aliphatic heterocycles. The van der Waals surface area contributed by atoms with Crippen molar-refractivity contribution in [1.29, 1.82) is 0 Å². The number of nitrogens with two attached hydrogens (primary N) is 1. The average molecular weight is 323 g/mol. The number of ether oxygens (including phenoxy) is 1. The molecule has 0 saturated heterocycles. The van der Waals surface area contributed by atoms with Crippen LogP contribution in [0.5, 0.6) is 0 Å². The molecule has 0 aliphatic rings. The summed E-state index contributed by atoms with van der Waals surface area (Å²) in [6, 6.07) is 4.29. The predicted molar refractivity (Wildman–Crippen MR) is 75.8 cm³/mol. The lowest BCUT2D eigenvalue weighted by Crippen LogP contribution is -2.08. The molecular formula is C13H8ClFN4O3. The first-order chi connectivity index (χ1) is 10.5. The Hall–Kier alpha value is -2.74. The van der Waals surface area contributed by atoms with Gasteiger partial charge in [0.2, 0.25) is 0 Å². The van der Waals surface area contributed by atoms with Gasteiger partial charge in [-0.05, 0) is 28.5 Å². The van der Waals surface area contributed by atoms with Gasteiger partial charge < -0.3 is 10.5 Å². The van der Waals surface area contributed by atoms with E-state index in [1.54, 1.807) is 0 Å². The number of carbonyl (C=O) groups is 1. The summed E-state index contributed by atoms with van der Waals surface area (Å²) in [5.41, 5.74) is 6.03. The number of benzene rings is 1. The van der Waals surface area contributed by atoms with Crippen LogP contribution in [0.25, 0.3) is 22.3 Å². The Morgan fingerprint density at radius 2 is 2.18 bits per heavy atom. The third kappa shape index (κ3) is 2.13. The topological polar surface area (TPSA) is 104 Å². The summed E-state index contributed by atoms with van der Waals surface area (Å²) in [7, 11) is 1.18. The van der Waals surface area contributed by atoms with Crippen LogP contribution in [0.2, 0.25) is 5.02 Å². The van der Waals surface area contributed by atoms with Crippen molar-refractivity contribution in [2.45, 2.75) is 0 Å². The van der Waals surface area contributed by atoms with Crippen molar-refractivity contribution in [2.24, 2.45) is 0 Å². The van der Waals surface area contributed by atoms with E-state index >= 15 is 0 Å². The van der Waals surface area contributed by atoms with Crippen molar-refractivity contribution in [3.63, 3.8) is 0 Å². The molecule has 0 aliphatic carbocycles. The fraction of sp³-hybridized carbons (Fsp3) is 0.0769. The van der Waals surface area contributed by atoms with Crippen LogP contribution >= 0.6 is 11.6 Å². The maximum atomic E-state index is 14.4. The van der Waals surface area contributed by atoms with Crippen molar-refractivity contribution in [1.82, 2.24) is 15.3 Å². The van der Waals surface area contributed by atoms with E-state index in [4.69, 9.17) is 17.3 Å². The first-order valence-corrected chi connectivity index (χ1v) is 6.36. The second-order valence-corrected chi connectivity index (χ2v) is 4.69. The number of carbonyl (C=O) groups excluding carboxylic acids is 1. The summed E-state index contributed by atoms with van der Waals surface area (Å²) in [6.07, 6.45) is 0. The molecule has 0 saturated carbocycles. The van der Waals surface area contributed by atoms with Crippen molar-refractivity contribution >= 4 is 34.3 Å². The molecule has 0 atom stereocenters. The minimum atomic E-state index is -0.775. The van der Waals surface area contributed by atoms with Crippen LogP contribution in [-0.4, -0.2) is 28.4 Å². The Morgan fingerprint density at radius 1 is 1.41 bits per heavy atom. The normalized spacial score (nSPS) is 10.9. The van der Waals surface area contributed by atoms with E-state index in [-0.39, 0.29) is 38.7 Å². The summed E-state index contributed by atoms with van der Waals surface area (Å²) >= 11 is 5.92. The third-order valence-electron chi connectivity index (χ3n) is 3.01. The maximum Gasteiger partial charge on any atom is 0.358 e. The summed E-state index contributed by atoms with van der Waals surface area (Å²) < 4.78 is 23.5. The number of nitrogens with zero attached hydrogens (tertiary/aromatic N) is 3. The number of halogens is 2. The number of pyridine rings is 1. The number of aromatic nitrogens is 3. The number of esters is 1. The monoisotopic (exact) mass is 322 g/mol. The Balaban J connectivity index is 2.24. The van der Waals surface area contributed by atoms with Crippen LogP contribution in [-0.2, 0) is 4.74 Å². The molecule has 2 aromatic heterocycles. The molecule has 22 heavy (non-hydrogen) atoms.